The second-order valence-corrected chi connectivity index (χ2v) is 4.30. The van der Waals surface area contributed by atoms with Crippen LogP contribution in [0.3, 0.4) is 0 Å². The van der Waals surface area contributed by atoms with Crippen LogP contribution in [-0.4, -0.2) is 6.21 Å². The maximum Gasteiger partial charge on any atom is 0.0661 e. The molecule has 1 aromatic rings. The molecule has 0 atom stereocenters. The summed E-state index contributed by atoms with van der Waals surface area (Å²) in [7, 11) is 0. The molecular formula is C14H19N. The van der Waals surface area contributed by atoms with Crippen molar-refractivity contribution >= 4 is 17.5 Å². The van der Waals surface area contributed by atoms with Crippen LogP contribution in [0.25, 0.3) is 5.57 Å². The van der Waals surface area contributed by atoms with Gasteiger partial charge in [0.25, 0.3) is 0 Å². The molecule has 0 saturated carbocycles. The van der Waals surface area contributed by atoms with Gasteiger partial charge in [-0.1, -0.05) is 38.1 Å². The number of allylic oxidation sites excluding steroid dienone is 1. The summed E-state index contributed by atoms with van der Waals surface area (Å²) >= 11 is 0. The van der Waals surface area contributed by atoms with Crippen molar-refractivity contribution in [2.45, 2.75) is 27.7 Å². The Morgan fingerprint density at radius 2 is 2.07 bits per heavy atom. The maximum absolute atomic E-state index is 4.48. The molecule has 0 aromatic heterocycles. The van der Waals surface area contributed by atoms with E-state index in [1.165, 1.54) is 5.56 Å². The molecule has 1 rings (SSSR count). The Labute approximate surface area is 92.6 Å². The van der Waals surface area contributed by atoms with Gasteiger partial charge in [-0.05, 0) is 37.0 Å². The van der Waals surface area contributed by atoms with Crippen molar-refractivity contribution < 1.29 is 0 Å². The van der Waals surface area contributed by atoms with Crippen LogP contribution in [0.2, 0.25) is 0 Å². The molecule has 0 saturated heterocycles. The molecule has 1 aromatic carbocycles. The van der Waals surface area contributed by atoms with Gasteiger partial charge in [0.15, 0.2) is 0 Å². The van der Waals surface area contributed by atoms with Crippen LogP contribution in [-0.2, 0) is 0 Å². The van der Waals surface area contributed by atoms with Crippen molar-refractivity contribution in [3.63, 3.8) is 0 Å². The molecule has 0 spiro atoms. The third-order valence-corrected chi connectivity index (χ3v) is 2.21. The molecule has 1 heteroatoms. The molecule has 0 unspecified atom stereocenters. The Morgan fingerprint density at radius 3 is 2.60 bits per heavy atom. The first kappa shape index (κ1) is 11.7. The van der Waals surface area contributed by atoms with Gasteiger partial charge < -0.3 is 0 Å². The lowest BCUT2D eigenvalue weighted by atomic mass is 10.1. The number of aliphatic imine (C=N–C) groups is 1. The SMILES string of the molecule is C=C(C)c1ccc(C)c(N=CC(C)C)c1. The molecule has 80 valence electrons. The van der Waals surface area contributed by atoms with Gasteiger partial charge in [-0.2, -0.15) is 0 Å². The first-order valence-electron chi connectivity index (χ1n) is 5.31. The molecule has 0 bridgehead atoms. The van der Waals surface area contributed by atoms with Crippen molar-refractivity contribution in [2.24, 2.45) is 10.9 Å². The van der Waals surface area contributed by atoms with Crippen LogP contribution >= 0.6 is 0 Å². The van der Waals surface area contributed by atoms with Crippen LogP contribution in [0.4, 0.5) is 5.69 Å². The standard InChI is InChI=1S/C14H19N/c1-10(2)9-15-14-8-13(11(3)4)7-6-12(14)5/h6-10H,3H2,1-2,4-5H3. The molecule has 0 amide bonds. The third kappa shape index (κ3) is 3.35. The van der Waals surface area contributed by atoms with Crippen LogP contribution in [0, 0.1) is 12.8 Å². The highest BCUT2D eigenvalue weighted by Gasteiger charge is 1.99. The Morgan fingerprint density at radius 1 is 1.40 bits per heavy atom. The van der Waals surface area contributed by atoms with E-state index in [2.05, 4.69) is 50.5 Å². The van der Waals surface area contributed by atoms with Crippen molar-refractivity contribution in [1.82, 2.24) is 0 Å². The molecule has 0 fully saturated rings. The zero-order valence-corrected chi connectivity index (χ0v) is 10.0. The Kier molecular flexibility index (Phi) is 3.84. The molecule has 15 heavy (non-hydrogen) atoms. The van der Waals surface area contributed by atoms with Crippen LogP contribution in [0.1, 0.15) is 31.9 Å². The number of hydrogen-bond donors (Lipinski definition) is 0. The lowest BCUT2D eigenvalue weighted by Crippen LogP contribution is -1.87. The number of aryl methyl sites for hydroxylation is 1. The van der Waals surface area contributed by atoms with Crippen LogP contribution in [0.5, 0.6) is 0 Å². The number of rotatable bonds is 3. The van der Waals surface area contributed by atoms with E-state index in [-0.39, 0.29) is 0 Å². The van der Waals surface area contributed by atoms with Gasteiger partial charge in [0.05, 0.1) is 5.69 Å². The average Bonchev–Trinajstić information content (AvgIpc) is 2.16. The van der Waals surface area contributed by atoms with Crippen molar-refractivity contribution in [2.75, 3.05) is 0 Å². The van der Waals surface area contributed by atoms with Gasteiger partial charge >= 0.3 is 0 Å². The van der Waals surface area contributed by atoms with Crippen LogP contribution < -0.4 is 0 Å². The normalized spacial score (nSPS) is 11.3. The Hall–Kier alpha value is -1.37. The monoisotopic (exact) mass is 201 g/mol. The summed E-state index contributed by atoms with van der Waals surface area (Å²) in [5.41, 5.74) is 4.49. The topological polar surface area (TPSA) is 12.4 Å². The van der Waals surface area contributed by atoms with E-state index in [4.69, 9.17) is 0 Å². The summed E-state index contributed by atoms with van der Waals surface area (Å²) in [4.78, 5) is 4.48. The minimum absolute atomic E-state index is 0.484. The fourth-order valence-electron chi connectivity index (χ4n) is 1.24. The summed E-state index contributed by atoms with van der Waals surface area (Å²) in [5.74, 6) is 0.484. The van der Waals surface area contributed by atoms with E-state index in [9.17, 15) is 0 Å². The molecule has 1 nitrogen and oxygen atoms in total. The zero-order valence-electron chi connectivity index (χ0n) is 10.0. The second-order valence-electron chi connectivity index (χ2n) is 4.30. The van der Waals surface area contributed by atoms with Gasteiger partial charge in [-0.15, -0.1) is 0 Å². The van der Waals surface area contributed by atoms with E-state index in [0.29, 0.717) is 5.92 Å². The minimum Gasteiger partial charge on any atom is -0.261 e. The fraction of sp³-hybridized carbons (Fsp3) is 0.357. The molecule has 0 aliphatic heterocycles. The second kappa shape index (κ2) is 4.92. The third-order valence-electron chi connectivity index (χ3n) is 2.21. The predicted molar refractivity (Wildman–Crippen MR) is 68.9 cm³/mol. The maximum atomic E-state index is 4.48. The first-order chi connectivity index (χ1) is 7.00. The molecule has 0 N–H and O–H groups in total. The van der Waals surface area contributed by atoms with E-state index in [0.717, 1.165) is 16.8 Å². The summed E-state index contributed by atoms with van der Waals surface area (Å²) in [6.45, 7) is 12.3. The van der Waals surface area contributed by atoms with Crippen molar-refractivity contribution in [1.29, 1.82) is 0 Å². The van der Waals surface area contributed by atoms with E-state index in [1.54, 1.807) is 0 Å². The highest BCUT2D eigenvalue weighted by molar-refractivity contribution is 5.70. The Balaban J connectivity index is 3.05. The van der Waals surface area contributed by atoms with Crippen molar-refractivity contribution in [3.8, 4) is 0 Å². The summed E-state index contributed by atoms with van der Waals surface area (Å²) in [6, 6.07) is 6.28. The quantitative estimate of drug-likeness (QED) is 0.643. The number of hydrogen-bond acceptors (Lipinski definition) is 1. The van der Waals surface area contributed by atoms with Gasteiger partial charge in [0, 0.05) is 6.21 Å². The molecule has 0 aliphatic rings. The molecule has 0 heterocycles. The van der Waals surface area contributed by atoms with Crippen LogP contribution in [0.15, 0.2) is 29.8 Å². The Bertz CT molecular complexity index is 386. The molecule has 0 aliphatic carbocycles. The lowest BCUT2D eigenvalue weighted by Gasteiger charge is -2.05. The van der Waals surface area contributed by atoms with Gasteiger partial charge in [-0.3, -0.25) is 4.99 Å². The van der Waals surface area contributed by atoms with Crippen molar-refractivity contribution in [3.05, 3.63) is 35.9 Å². The fourth-order valence-corrected chi connectivity index (χ4v) is 1.24. The zero-order chi connectivity index (χ0) is 11.4. The first-order valence-corrected chi connectivity index (χ1v) is 5.31. The highest BCUT2D eigenvalue weighted by Crippen LogP contribution is 2.23. The minimum atomic E-state index is 0.484. The molecular weight excluding hydrogens is 182 g/mol. The summed E-state index contributed by atoms with van der Waals surface area (Å²) < 4.78 is 0. The number of benzene rings is 1. The number of nitrogens with zero attached hydrogens (tertiary/aromatic N) is 1. The van der Waals surface area contributed by atoms with E-state index < -0.39 is 0 Å². The van der Waals surface area contributed by atoms with E-state index in [1.807, 2.05) is 13.1 Å². The molecule has 0 radical (unpaired) electrons. The van der Waals surface area contributed by atoms with Gasteiger partial charge in [0.1, 0.15) is 0 Å². The predicted octanol–water partition coefficient (Wildman–Crippen LogP) is 4.39. The summed E-state index contributed by atoms with van der Waals surface area (Å²) in [6.07, 6.45) is 1.98. The smallest absolute Gasteiger partial charge is 0.0661 e. The lowest BCUT2D eigenvalue weighted by molar-refractivity contribution is 0.907. The summed E-state index contributed by atoms with van der Waals surface area (Å²) in [5, 5.41) is 0. The average molecular weight is 201 g/mol. The van der Waals surface area contributed by atoms with Gasteiger partial charge in [0.2, 0.25) is 0 Å². The van der Waals surface area contributed by atoms with E-state index >= 15 is 0 Å². The highest BCUT2D eigenvalue weighted by atomic mass is 14.7. The largest absolute Gasteiger partial charge is 0.261 e. The van der Waals surface area contributed by atoms with Gasteiger partial charge in [-0.25, -0.2) is 0 Å².